The van der Waals surface area contributed by atoms with E-state index in [0.717, 1.165) is 12.1 Å². The van der Waals surface area contributed by atoms with Gasteiger partial charge in [0, 0.05) is 6.54 Å². The summed E-state index contributed by atoms with van der Waals surface area (Å²) >= 11 is 0. The second-order valence-corrected chi connectivity index (χ2v) is 7.00. The van der Waals surface area contributed by atoms with Gasteiger partial charge in [0.1, 0.15) is 0 Å². The smallest absolute Gasteiger partial charge is 0.212 e. The third kappa shape index (κ3) is 4.71. The van der Waals surface area contributed by atoms with Crippen molar-refractivity contribution in [3.63, 3.8) is 0 Å². The van der Waals surface area contributed by atoms with Gasteiger partial charge in [-0.05, 0) is 24.1 Å². The average molecular weight is 295 g/mol. The molecule has 0 saturated carbocycles. The molecule has 0 aliphatic heterocycles. The zero-order valence-corrected chi connectivity index (χ0v) is 11.4. The Labute approximate surface area is 106 Å². The second kappa shape index (κ2) is 5.77. The zero-order chi connectivity index (χ0) is 13.8. The van der Waals surface area contributed by atoms with E-state index in [9.17, 15) is 20.7 Å². The van der Waals surface area contributed by atoms with Crippen LogP contribution in [0.2, 0.25) is 0 Å². The molecule has 102 valence electrons. The summed E-state index contributed by atoms with van der Waals surface area (Å²) in [7, 11) is -8.02. The molecule has 0 unspecified atom stereocenters. The van der Waals surface area contributed by atoms with Crippen LogP contribution in [0.15, 0.2) is 29.2 Å². The first-order valence-electron chi connectivity index (χ1n) is 5.25. The summed E-state index contributed by atoms with van der Waals surface area (Å²) in [6.07, 6.45) is 0.508. The van der Waals surface area contributed by atoms with Crippen molar-refractivity contribution >= 4 is 20.2 Å². The highest BCUT2D eigenvalue weighted by Crippen LogP contribution is 2.13. The van der Waals surface area contributed by atoms with Crippen molar-refractivity contribution in [2.24, 2.45) is 0 Å². The molecule has 0 atom stereocenters. The molecule has 1 rings (SSSR count). The second-order valence-electron chi connectivity index (χ2n) is 3.72. The van der Waals surface area contributed by atoms with Gasteiger partial charge in [0.25, 0.3) is 0 Å². The monoisotopic (exact) mass is 295 g/mol. The Bertz CT molecular complexity index is 593. The first kappa shape index (κ1) is 15.1. The topological polar surface area (TPSA) is 80.3 Å². The Morgan fingerprint density at radius 1 is 1.11 bits per heavy atom. The highest BCUT2D eigenvalue weighted by molar-refractivity contribution is 7.89. The predicted octanol–water partition coefficient (Wildman–Crippen LogP) is 1.17. The number of hydrogen-bond donors (Lipinski definition) is 1. The molecular weight excluding hydrogens is 281 g/mol. The van der Waals surface area contributed by atoms with Gasteiger partial charge in [0.15, 0.2) is 0 Å². The van der Waals surface area contributed by atoms with Crippen LogP contribution in [0.1, 0.15) is 18.9 Å². The van der Waals surface area contributed by atoms with E-state index in [1.807, 2.05) is 0 Å². The van der Waals surface area contributed by atoms with Crippen LogP contribution in [0.5, 0.6) is 0 Å². The third-order valence-electron chi connectivity index (χ3n) is 2.17. The number of rotatable bonds is 6. The van der Waals surface area contributed by atoms with E-state index in [1.54, 1.807) is 6.92 Å². The van der Waals surface area contributed by atoms with Crippen molar-refractivity contribution in [3.05, 3.63) is 29.8 Å². The average Bonchev–Trinajstić information content (AvgIpc) is 2.26. The minimum atomic E-state index is -4.71. The summed E-state index contributed by atoms with van der Waals surface area (Å²) < 4.78 is 58.8. The van der Waals surface area contributed by atoms with E-state index in [-0.39, 0.29) is 12.3 Å². The molecule has 0 aliphatic carbocycles. The maximum Gasteiger partial charge on any atom is 0.332 e. The normalized spacial score (nSPS) is 12.6. The first-order valence-corrected chi connectivity index (χ1v) is 8.29. The number of nitrogens with one attached hydrogen (secondary N) is 1. The summed E-state index contributed by atoms with van der Waals surface area (Å²) in [6.45, 7) is 1.80. The van der Waals surface area contributed by atoms with Crippen LogP contribution >= 0.6 is 0 Å². The lowest BCUT2D eigenvalue weighted by Crippen LogP contribution is -2.25. The van der Waals surface area contributed by atoms with Crippen molar-refractivity contribution in [2.45, 2.75) is 24.8 Å². The van der Waals surface area contributed by atoms with Crippen molar-refractivity contribution < 1.29 is 20.7 Å². The fourth-order valence-electron chi connectivity index (χ4n) is 1.30. The fraction of sp³-hybridized carbons (Fsp3) is 0.400. The molecule has 18 heavy (non-hydrogen) atoms. The van der Waals surface area contributed by atoms with Crippen LogP contribution in [-0.4, -0.2) is 22.6 Å². The van der Waals surface area contributed by atoms with Gasteiger partial charge in [-0.2, -0.15) is 8.42 Å². The van der Waals surface area contributed by atoms with E-state index in [4.69, 9.17) is 0 Å². The minimum Gasteiger partial charge on any atom is -0.212 e. The Balaban J connectivity index is 2.71. The Hall–Kier alpha value is -0.990. The number of sulfonamides is 1. The van der Waals surface area contributed by atoms with Gasteiger partial charge >= 0.3 is 10.2 Å². The lowest BCUT2D eigenvalue weighted by atomic mass is 10.2. The van der Waals surface area contributed by atoms with Gasteiger partial charge in [-0.25, -0.2) is 13.1 Å². The first-order chi connectivity index (χ1) is 8.24. The van der Waals surface area contributed by atoms with Gasteiger partial charge in [-0.3, -0.25) is 0 Å². The van der Waals surface area contributed by atoms with Crippen molar-refractivity contribution in [1.82, 2.24) is 4.72 Å². The van der Waals surface area contributed by atoms with Crippen molar-refractivity contribution in [2.75, 3.05) is 5.75 Å². The van der Waals surface area contributed by atoms with Crippen LogP contribution in [0.3, 0.4) is 0 Å². The summed E-state index contributed by atoms with van der Waals surface area (Å²) in [4.78, 5) is -0.442. The largest absolute Gasteiger partial charge is 0.332 e. The molecule has 1 aromatic carbocycles. The van der Waals surface area contributed by atoms with E-state index < -0.39 is 25.1 Å². The maximum atomic E-state index is 12.6. The highest BCUT2D eigenvalue weighted by atomic mass is 32.3. The van der Waals surface area contributed by atoms with Crippen LogP contribution < -0.4 is 4.72 Å². The van der Waals surface area contributed by atoms with Crippen LogP contribution in [0.25, 0.3) is 0 Å². The summed E-state index contributed by atoms with van der Waals surface area (Å²) in [5, 5.41) is 0. The molecule has 0 fully saturated rings. The maximum absolute atomic E-state index is 12.6. The van der Waals surface area contributed by atoms with Crippen LogP contribution in [-0.2, 0) is 26.8 Å². The quantitative estimate of drug-likeness (QED) is 0.799. The summed E-state index contributed by atoms with van der Waals surface area (Å²) in [5.74, 6) is 0.0317. The van der Waals surface area contributed by atoms with Gasteiger partial charge in [0.05, 0.1) is 10.6 Å². The molecule has 0 saturated heterocycles. The molecule has 1 N–H and O–H groups in total. The highest BCUT2D eigenvalue weighted by Gasteiger charge is 2.12. The number of benzene rings is 1. The molecule has 0 bridgehead atoms. The van der Waals surface area contributed by atoms with E-state index in [1.165, 1.54) is 12.1 Å². The summed E-state index contributed by atoms with van der Waals surface area (Å²) in [5.41, 5.74) is 0.557. The zero-order valence-electron chi connectivity index (χ0n) is 9.76. The molecule has 0 aromatic heterocycles. The molecule has 1 aromatic rings. The molecule has 0 spiro atoms. The van der Waals surface area contributed by atoms with E-state index >= 15 is 0 Å². The van der Waals surface area contributed by atoms with Gasteiger partial charge in [0.2, 0.25) is 10.0 Å². The van der Waals surface area contributed by atoms with Gasteiger partial charge < -0.3 is 0 Å². The Morgan fingerprint density at radius 2 is 1.67 bits per heavy atom. The fourth-order valence-corrected chi connectivity index (χ4v) is 2.83. The van der Waals surface area contributed by atoms with E-state index in [2.05, 4.69) is 4.72 Å². The van der Waals surface area contributed by atoms with Crippen LogP contribution in [0.4, 0.5) is 3.89 Å². The van der Waals surface area contributed by atoms with Crippen molar-refractivity contribution in [1.29, 1.82) is 0 Å². The number of halogens is 1. The summed E-state index contributed by atoms with van der Waals surface area (Å²) in [6, 6.07) is 4.92. The minimum absolute atomic E-state index is 0.0317. The Morgan fingerprint density at radius 3 is 2.11 bits per heavy atom. The van der Waals surface area contributed by atoms with Gasteiger partial charge in [-0.1, -0.05) is 19.1 Å². The molecule has 0 heterocycles. The predicted molar refractivity (Wildman–Crippen MR) is 65.7 cm³/mol. The standard InChI is InChI=1S/C10H14FNO4S2/c1-2-7-17(13,14)12-8-9-3-5-10(6-4-9)18(11,15)16/h3-6,12H,2,7-8H2,1H3. The molecular formula is C10H14FNO4S2. The van der Waals surface area contributed by atoms with Crippen molar-refractivity contribution in [3.8, 4) is 0 Å². The van der Waals surface area contributed by atoms with Crippen LogP contribution in [0, 0.1) is 0 Å². The lowest BCUT2D eigenvalue weighted by Gasteiger charge is -2.05. The van der Waals surface area contributed by atoms with E-state index in [0.29, 0.717) is 12.0 Å². The molecule has 0 radical (unpaired) electrons. The lowest BCUT2D eigenvalue weighted by molar-refractivity contribution is 0.551. The Kier molecular flexibility index (Phi) is 4.83. The van der Waals surface area contributed by atoms with Gasteiger partial charge in [-0.15, -0.1) is 3.89 Å². The molecule has 0 amide bonds. The molecule has 5 nitrogen and oxygen atoms in total. The third-order valence-corrected chi connectivity index (χ3v) is 4.54. The SMILES string of the molecule is CCCS(=O)(=O)NCc1ccc(S(=O)(=O)F)cc1. The molecule has 0 aliphatic rings. The molecule has 8 heteroatoms. The number of hydrogen-bond acceptors (Lipinski definition) is 4.